The van der Waals surface area contributed by atoms with Crippen molar-refractivity contribution in [2.45, 2.75) is 32.7 Å². The van der Waals surface area contributed by atoms with Gasteiger partial charge in [-0.3, -0.25) is 0 Å². The molecule has 4 heteroatoms. The van der Waals surface area contributed by atoms with E-state index in [1.807, 2.05) is 6.20 Å². The molecule has 0 atom stereocenters. The maximum atomic E-state index is 4.80. The summed E-state index contributed by atoms with van der Waals surface area (Å²) in [6, 6.07) is 51.8. The van der Waals surface area contributed by atoms with Crippen molar-refractivity contribution in [1.29, 1.82) is 0 Å². The van der Waals surface area contributed by atoms with Crippen LogP contribution in [-0.4, -0.2) is 13.0 Å². The minimum atomic E-state index is 0.0309. The second-order valence-corrected chi connectivity index (χ2v) is 12.2. The van der Waals surface area contributed by atoms with Crippen LogP contribution in [0.3, 0.4) is 0 Å². The number of nitrogens with zero attached hydrogens (tertiary/aromatic N) is 3. The fourth-order valence-corrected chi connectivity index (χ4v) is 5.78. The summed E-state index contributed by atoms with van der Waals surface area (Å²) in [6.45, 7) is 7.41. The van der Waals surface area contributed by atoms with Gasteiger partial charge in [-0.1, -0.05) is 130 Å². The molecule has 0 saturated carbocycles. The van der Waals surface area contributed by atoms with Crippen molar-refractivity contribution < 1.29 is 0 Å². The summed E-state index contributed by atoms with van der Waals surface area (Å²) in [5.41, 5.74) is 10.8. The van der Waals surface area contributed by atoms with Gasteiger partial charge in [-0.25, -0.2) is 4.98 Å². The monoisotopic (exact) mass is 571 g/mol. The van der Waals surface area contributed by atoms with Crippen LogP contribution in [0.1, 0.15) is 31.9 Å². The van der Waals surface area contributed by atoms with E-state index in [2.05, 4.69) is 184 Å². The summed E-state index contributed by atoms with van der Waals surface area (Å²) in [5, 5.41) is 0. The lowest BCUT2D eigenvalue weighted by Gasteiger charge is -2.32. The van der Waals surface area contributed by atoms with Crippen molar-refractivity contribution in [2.75, 3.05) is 9.71 Å². The molecule has 0 amide bonds. The van der Waals surface area contributed by atoms with Crippen molar-refractivity contribution in [3.63, 3.8) is 0 Å². The van der Waals surface area contributed by atoms with Gasteiger partial charge in [0.05, 0.1) is 11.4 Å². The van der Waals surface area contributed by atoms with Crippen LogP contribution >= 0.6 is 0 Å². The summed E-state index contributed by atoms with van der Waals surface area (Å²) in [5.74, 6) is 0.924. The van der Waals surface area contributed by atoms with Crippen LogP contribution < -0.4 is 9.71 Å². The fraction of sp³-hybridized carbons (Fsp3) is 0.125. The SMILES string of the molecule is BN(c1cc(C(C)(C)C)ccn1)c1ccccc1N(Cc1c(-c2ccccc2)cccc1-c1ccccc1)c1ccccc1. The van der Waals surface area contributed by atoms with Crippen LogP contribution in [0.4, 0.5) is 22.9 Å². The largest absolute Gasteiger partial charge is 0.377 e. The molecule has 0 saturated heterocycles. The Morgan fingerprint density at radius 3 is 1.68 bits per heavy atom. The molecule has 44 heavy (non-hydrogen) atoms. The zero-order valence-corrected chi connectivity index (χ0v) is 26.0. The van der Waals surface area contributed by atoms with E-state index in [1.54, 1.807) is 0 Å². The van der Waals surface area contributed by atoms with Gasteiger partial charge in [-0.2, -0.15) is 0 Å². The number of rotatable bonds is 8. The minimum Gasteiger partial charge on any atom is -0.377 e. The lowest BCUT2D eigenvalue weighted by molar-refractivity contribution is 0.589. The molecule has 0 bridgehead atoms. The highest BCUT2D eigenvalue weighted by molar-refractivity contribution is 6.23. The van der Waals surface area contributed by atoms with Gasteiger partial charge in [0, 0.05) is 18.4 Å². The van der Waals surface area contributed by atoms with Crippen LogP contribution in [0.5, 0.6) is 0 Å². The van der Waals surface area contributed by atoms with E-state index in [9.17, 15) is 0 Å². The Morgan fingerprint density at radius 1 is 0.591 bits per heavy atom. The second-order valence-electron chi connectivity index (χ2n) is 12.2. The van der Waals surface area contributed by atoms with Crippen LogP contribution in [0.25, 0.3) is 22.3 Å². The summed E-state index contributed by atoms with van der Waals surface area (Å²) < 4.78 is 0. The predicted molar refractivity (Wildman–Crippen MR) is 190 cm³/mol. The van der Waals surface area contributed by atoms with E-state index >= 15 is 0 Å². The van der Waals surface area contributed by atoms with Crippen LogP contribution in [0, 0.1) is 0 Å². The van der Waals surface area contributed by atoms with Crippen molar-refractivity contribution in [2.24, 2.45) is 0 Å². The quantitative estimate of drug-likeness (QED) is 0.170. The summed E-state index contributed by atoms with van der Waals surface area (Å²) in [7, 11) is 2.12. The molecule has 5 aromatic carbocycles. The first-order valence-electron chi connectivity index (χ1n) is 15.2. The molecule has 6 rings (SSSR count). The van der Waals surface area contributed by atoms with Gasteiger partial charge in [0.1, 0.15) is 5.82 Å². The second kappa shape index (κ2) is 12.6. The highest BCUT2D eigenvalue weighted by Crippen LogP contribution is 2.41. The number of hydrogen-bond acceptors (Lipinski definition) is 3. The van der Waals surface area contributed by atoms with E-state index in [1.165, 1.54) is 33.4 Å². The number of pyridine rings is 1. The fourth-order valence-electron chi connectivity index (χ4n) is 5.78. The minimum absolute atomic E-state index is 0.0309. The molecule has 0 spiro atoms. The summed E-state index contributed by atoms with van der Waals surface area (Å²) >= 11 is 0. The van der Waals surface area contributed by atoms with Gasteiger partial charge >= 0.3 is 0 Å². The third kappa shape index (κ3) is 6.16. The van der Waals surface area contributed by atoms with Gasteiger partial charge in [0.2, 0.25) is 7.98 Å². The average Bonchev–Trinajstić information content (AvgIpc) is 3.07. The summed E-state index contributed by atoms with van der Waals surface area (Å²) in [4.78, 5) is 9.45. The van der Waals surface area contributed by atoms with E-state index in [-0.39, 0.29) is 5.41 Å². The van der Waals surface area contributed by atoms with Gasteiger partial charge in [-0.05, 0) is 75.2 Å². The molecule has 1 aromatic heterocycles. The molecule has 6 aromatic rings. The maximum absolute atomic E-state index is 4.80. The Labute approximate surface area is 262 Å². The molecular formula is C40H38BN3. The molecule has 0 fully saturated rings. The Bertz CT molecular complexity index is 1770. The van der Waals surface area contributed by atoms with E-state index < -0.39 is 0 Å². The Hall–Kier alpha value is -5.09. The number of para-hydroxylation sites is 3. The van der Waals surface area contributed by atoms with Crippen LogP contribution in [-0.2, 0) is 12.0 Å². The van der Waals surface area contributed by atoms with Crippen LogP contribution in [0.2, 0.25) is 0 Å². The first-order chi connectivity index (χ1) is 21.4. The Balaban J connectivity index is 1.52. The number of aromatic nitrogens is 1. The molecule has 0 aliphatic carbocycles. The van der Waals surface area contributed by atoms with Gasteiger partial charge in [-0.15, -0.1) is 0 Å². The van der Waals surface area contributed by atoms with Crippen molar-refractivity contribution in [3.05, 3.63) is 163 Å². The first kappa shape index (κ1) is 29.0. The van der Waals surface area contributed by atoms with E-state index in [0.717, 1.165) is 22.9 Å². The zero-order valence-electron chi connectivity index (χ0n) is 26.0. The Kier molecular flexibility index (Phi) is 8.34. The smallest absolute Gasteiger partial charge is 0.225 e. The lowest BCUT2D eigenvalue weighted by Crippen LogP contribution is -2.22. The standard InChI is InChI=1S/C40H38BN3/c1-40(2,3)32-26-27-42-39(28-32)44(41)38-25-14-13-24-37(38)43(33-20-11-6-12-21-33)29-36-34(30-16-7-4-8-17-30)22-15-23-35(36)31-18-9-5-10-19-31/h4-28H,29,41H2,1-3H3. The van der Waals surface area contributed by atoms with Crippen LogP contribution in [0.15, 0.2) is 152 Å². The average molecular weight is 572 g/mol. The van der Waals surface area contributed by atoms with Gasteiger partial charge in [0.25, 0.3) is 0 Å². The first-order valence-corrected chi connectivity index (χ1v) is 15.2. The molecular weight excluding hydrogens is 533 g/mol. The highest BCUT2D eigenvalue weighted by atomic mass is 15.2. The molecule has 3 nitrogen and oxygen atoms in total. The molecule has 0 N–H and O–H groups in total. The molecule has 0 aliphatic rings. The topological polar surface area (TPSA) is 19.4 Å². The zero-order chi connectivity index (χ0) is 30.5. The van der Waals surface area contributed by atoms with Crippen molar-refractivity contribution in [3.8, 4) is 22.3 Å². The van der Waals surface area contributed by atoms with Crippen molar-refractivity contribution in [1.82, 2.24) is 4.98 Å². The molecule has 216 valence electrons. The predicted octanol–water partition coefficient (Wildman–Crippen LogP) is 9.74. The number of hydrogen-bond donors (Lipinski definition) is 0. The summed E-state index contributed by atoms with van der Waals surface area (Å²) in [6.07, 6.45) is 1.92. The number of benzene rings is 5. The van der Waals surface area contributed by atoms with E-state index in [4.69, 9.17) is 4.98 Å². The third-order valence-corrected chi connectivity index (χ3v) is 8.22. The van der Waals surface area contributed by atoms with Crippen molar-refractivity contribution >= 4 is 30.9 Å². The molecule has 0 radical (unpaired) electrons. The third-order valence-electron chi connectivity index (χ3n) is 8.22. The molecule has 0 aliphatic heterocycles. The van der Waals surface area contributed by atoms with Gasteiger partial charge in [0.15, 0.2) is 0 Å². The molecule has 1 heterocycles. The lowest BCUT2D eigenvalue weighted by atomic mass is 9.87. The normalized spacial score (nSPS) is 11.2. The molecule has 0 unspecified atom stereocenters. The highest BCUT2D eigenvalue weighted by Gasteiger charge is 2.22. The van der Waals surface area contributed by atoms with E-state index in [0.29, 0.717) is 6.54 Å². The Morgan fingerprint density at radius 2 is 1.11 bits per heavy atom. The van der Waals surface area contributed by atoms with Gasteiger partial charge < -0.3 is 9.71 Å². The maximum Gasteiger partial charge on any atom is 0.225 e. The number of anilines is 4.